The van der Waals surface area contributed by atoms with Crippen LogP contribution in [0.25, 0.3) is 10.8 Å². The largest absolute Gasteiger partial charge is 0.480 e. The lowest BCUT2D eigenvalue weighted by molar-refractivity contribution is -0.143. The van der Waals surface area contributed by atoms with Gasteiger partial charge in [0.2, 0.25) is 5.91 Å². The number of carbonyl (C=O) groups excluding carboxylic acids is 1. The van der Waals surface area contributed by atoms with E-state index in [1.807, 2.05) is 66.7 Å². The van der Waals surface area contributed by atoms with E-state index in [2.05, 4.69) is 11.4 Å². The van der Waals surface area contributed by atoms with Crippen molar-refractivity contribution in [2.75, 3.05) is 0 Å². The molecular formula is C24H23NO3. The molecule has 1 heterocycles. The summed E-state index contributed by atoms with van der Waals surface area (Å²) in [4.78, 5) is 24.5. The summed E-state index contributed by atoms with van der Waals surface area (Å²) in [5.41, 5.74) is 2.09. The summed E-state index contributed by atoms with van der Waals surface area (Å²) in [5, 5.41) is 14.8. The summed E-state index contributed by atoms with van der Waals surface area (Å²) in [6.07, 6.45) is 1.80. The van der Waals surface area contributed by atoms with Gasteiger partial charge in [0.25, 0.3) is 0 Å². The van der Waals surface area contributed by atoms with E-state index in [-0.39, 0.29) is 17.7 Å². The number of carbonyl (C=O) groups is 2. The predicted molar refractivity (Wildman–Crippen MR) is 109 cm³/mol. The van der Waals surface area contributed by atoms with Crippen LogP contribution in [0.4, 0.5) is 0 Å². The van der Waals surface area contributed by atoms with Gasteiger partial charge in [0.1, 0.15) is 6.04 Å². The SMILES string of the molecule is O=C1CC(c2ccccc2)CC[C@H](c2ccc3ccccc3c2)[C@H](C(=O)O)N1. The molecule has 142 valence electrons. The van der Waals surface area contributed by atoms with Crippen molar-refractivity contribution in [3.05, 3.63) is 83.9 Å². The Labute approximate surface area is 164 Å². The van der Waals surface area contributed by atoms with Gasteiger partial charge in [-0.1, -0.05) is 72.8 Å². The monoisotopic (exact) mass is 373 g/mol. The maximum Gasteiger partial charge on any atom is 0.326 e. The first kappa shape index (κ1) is 18.2. The maximum absolute atomic E-state index is 12.5. The summed E-state index contributed by atoms with van der Waals surface area (Å²) in [6.45, 7) is 0. The fourth-order valence-electron chi connectivity index (χ4n) is 4.25. The second kappa shape index (κ2) is 7.85. The maximum atomic E-state index is 12.5. The lowest BCUT2D eigenvalue weighted by atomic mass is 9.80. The molecular weight excluding hydrogens is 350 g/mol. The van der Waals surface area contributed by atoms with Crippen LogP contribution in [0.15, 0.2) is 72.8 Å². The number of benzene rings is 3. The third kappa shape index (κ3) is 3.77. The van der Waals surface area contributed by atoms with Crippen LogP contribution >= 0.6 is 0 Å². The van der Waals surface area contributed by atoms with Crippen LogP contribution in [0.1, 0.15) is 42.2 Å². The van der Waals surface area contributed by atoms with Gasteiger partial charge in [0, 0.05) is 12.3 Å². The molecule has 0 bridgehead atoms. The van der Waals surface area contributed by atoms with Gasteiger partial charge in [-0.2, -0.15) is 0 Å². The summed E-state index contributed by atoms with van der Waals surface area (Å²) in [5.74, 6) is -1.35. The van der Waals surface area contributed by atoms with E-state index in [1.54, 1.807) is 0 Å². The first-order valence-corrected chi connectivity index (χ1v) is 9.67. The average molecular weight is 373 g/mol. The molecule has 4 nitrogen and oxygen atoms in total. The molecule has 4 rings (SSSR count). The van der Waals surface area contributed by atoms with Crippen molar-refractivity contribution in [2.45, 2.75) is 37.1 Å². The molecule has 0 radical (unpaired) electrons. The number of hydrogen-bond acceptors (Lipinski definition) is 2. The minimum absolute atomic E-state index is 0.0962. The summed E-state index contributed by atoms with van der Waals surface area (Å²) < 4.78 is 0. The molecule has 0 saturated carbocycles. The molecule has 3 aromatic rings. The Bertz CT molecular complexity index is 999. The standard InChI is InChI=1S/C24H23NO3/c26-22-15-19(16-6-2-1-3-7-16)12-13-21(23(25-22)24(27)28)20-11-10-17-8-4-5-9-18(17)14-20/h1-11,14,19,21,23H,12-13,15H2,(H,25,26)(H,27,28)/t19?,21-,23-/m1/s1. The van der Waals surface area contributed by atoms with Crippen LogP contribution in [0.2, 0.25) is 0 Å². The first-order chi connectivity index (χ1) is 13.6. The molecule has 0 spiro atoms. The van der Waals surface area contributed by atoms with E-state index in [0.717, 1.165) is 28.3 Å². The molecule has 1 fully saturated rings. The van der Waals surface area contributed by atoms with Crippen molar-refractivity contribution in [3.8, 4) is 0 Å². The van der Waals surface area contributed by atoms with E-state index < -0.39 is 12.0 Å². The molecule has 3 aromatic carbocycles. The summed E-state index contributed by atoms with van der Waals surface area (Å²) >= 11 is 0. The molecule has 1 aliphatic rings. The molecule has 3 atom stereocenters. The highest BCUT2D eigenvalue weighted by molar-refractivity contribution is 5.86. The van der Waals surface area contributed by atoms with E-state index in [0.29, 0.717) is 12.8 Å². The number of nitrogens with one attached hydrogen (secondary N) is 1. The quantitative estimate of drug-likeness (QED) is 0.712. The van der Waals surface area contributed by atoms with Gasteiger partial charge < -0.3 is 10.4 Å². The lowest BCUT2D eigenvalue weighted by Gasteiger charge is -2.31. The molecule has 2 N–H and O–H groups in total. The van der Waals surface area contributed by atoms with Crippen LogP contribution in [-0.4, -0.2) is 23.0 Å². The lowest BCUT2D eigenvalue weighted by Crippen LogP contribution is -2.46. The topological polar surface area (TPSA) is 66.4 Å². The Kier molecular flexibility index (Phi) is 5.11. The van der Waals surface area contributed by atoms with Crippen molar-refractivity contribution in [3.63, 3.8) is 0 Å². The Balaban J connectivity index is 1.69. The molecule has 0 aliphatic carbocycles. The van der Waals surface area contributed by atoms with Crippen molar-refractivity contribution >= 4 is 22.6 Å². The predicted octanol–water partition coefficient (Wildman–Crippen LogP) is 4.46. The Morgan fingerprint density at radius 3 is 2.32 bits per heavy atom. The number of fused-ring (bicyclic) bond motifs is 1. The van der Waals surface area contributed by atoms with Gasteiger partial charge in [-0.15, -0.1) is 0 Å². The highest BCUT2D eigenvalue weighted by atomic mass is 16.4. The Hall–Kier alpha value is -3.14. The third-order valence-electron chi connectivity index (χ3n) is 5.72. The first-order valence-electron chi connectivity index (χ1n) is 9.67. The second-order valence-corrected chi connectivity index (χ2v) is 7.49. The fraction of sp³-hybridized carbons (Fsp3) is 0.250. The molecule has 1 unspecified atom stereocenters. The number of rotatable bonds is 3. The van der Waals surface area contributed by atoms with Crippen LogP contribution in [0, 0.1) is 0 Å². The molecule has 1 aliphatic heterocycles. The summed E-state index contributed by atoms with van der Waals surface area (Å²) in [6, 6.07) is 23.2. The van der Waals surface area contributed by atoms with Gasteiger partial charge in [-0.3, -0.25) is 4.79 Å². The van der Waals surface area contributed by atoms with Crippen molar-refractivity contribution < 1.29 is 14.7 Å². The molecule has 0 aromatic heterocycles. The zero-order chi connectivity index (χ0) is 19.5. The van der Waals surface area contributed by atoms with Crippen LogP contribution in [-0.2, 0) is 9.59 Å². The van der Waals surface area contributed by atoms with Crippen LogP contribution < -0.4 is 5.32 Å². The average Bonchev–Trinajstić information content (AvgIpc) is 2.70. The van der Waals surface area contributed by atoms with E-state index in [9.17, 15) is 14.7 Å². The number of carboxylic acid groups (broad SMARTS) is 1. The number of aliphatic carboxylic acids is 1. The van der Waals surface area contributed by atoms with Crippen molar-refractivity contribution in [2.24, 2.45) is 0 Å². The number of carboxylic acids is 1. The molecule has 1 saturated heterocycles. The fourth-order valence-corrected chi connectivity index (χ4v) is 4.25. The van der Waals surface area contributed by atoms with Crippen LogP contribution in [0.5, 0.6) is 0 Å². The Morgan fingerprint density at radius 2 is 1.57 bits per heavy atom. The van der Waals surface area contributed by atoms with Crippen LogP contribution in [0.3, 0.4) is 0 Å². The van der Waals surface area contributed by atoms with E-state index >= 15 is 0 Å². The Morgan fingerprint density at radius 1 is 0.857 bits per heavy atom. The van der Waals surface area contributed by atoms with Gasteiger partial charge in [-0.25, -0.2) is 4.79 Å². The van der Waals surface area contributed by atoms with Gasteiger partial charge in [-0.05, 0) is 40.7 Å². The number of hydrogen-bond donors (Lipinski definition) is 2. The molecule has 1 amide bonds. The zero-order valence-corrected chi connectivity index (χ0v) is 15.5. The highest BCUT2D eigenvalue weighted by Gasteiger charge is 2.34. The second-order valence-electron chi connectivity index (χ2n) is 7.49. The van der Waals surface area contributed by atoms with Crippen molar-refractivity contribution in [1.82, 2.24) is 5.32 Å². The van der Waals surface area contributed by atoms with Gasteiger partial charge >= 0.3 is 5.97 Å². The summed E-state index contributed by atoms with van der Waals surface area (Å²) in [7, 11) is 0. The van der Waals surface area contributed by atoms with Gasteiger partial charge in [0.15, 0.2) is 0 Å². The van der Waals surface area contributed by atoms with E-state index in [4.69, 9.17) is 0 Å². The number of amides is 1. The zero-order valence-electron chi connectivity index (χ0n) is 15.5. The normalized spacial score (nSPS) is 22.9. The molecule has 28 heavy (non-hydrogen) atoms. The third-order valence-corrected chi connectivity index (χ3v) is 5.72. The highest BCUT2D eigenvalue weighted by Crippen LogP contribution is 2.35. The molecule has 4 heteroatoms. The van der Waals surface area contributed by atoms with E-state index in [1.165, 1.54) is 0 Å². The smallest absolute Gasteiger partial charge is 0.326 e. The van der Waals surface area contributed by atoms with Crippen molar-refractivity contribution in [1.29, 1.82) is 0 Å². The minimum Gasteiger partial charge on any atom is -0.480 e. The minimum atomic E-state index is -0.982. The van der Waals surface area contributed by atoms with Gasteiger partial charge in [0.05, 0.1) is 0 Å².